The van der Waals surface area contributed by atoms with Crippen molar-refractivity contribution < 1.29 is 34.1 Å². The van der Waals surface area contributed by atoms with Crippen LogP contribution >= 0.6 is 11.6 Å². The Hall–Kier alpha value is -4.37. The molecule has 0 saturated heterocycles. The maximum atomic E-state index is 12.5. The van der Waals surface area contributed by atoms with E-state index >= 15 is 0 Å². The van der Waals surface area contributed by atoms with Crippen molar-refractivity contribution in [2.45, 2.75) is 19.0 Å². The van der Waals surface area contributed by atoms with Crippen LogP contribution in [0, 0.1) is 0 Å². The Morgan fingerprint density at radius 3 is 1.97 bits per heavy atom. The molecule has 3 rings (SSSR count). The average molecular weight is 525 g/mol. The third-order valence-electron chi connectivity index (χ3n) is 5.54. The first-order valence-corrected chi connectivity index (χ1v) is 11.6. The minimum absolute atomic E-state index is 0.0781. The lowest BCUT2D eigenvalue weighted by atomic mass is 9.99. The molecular weight excluding hydrogens is 500 g/mol. The highest BCUT2D eigenvalue weighted by Crippen LogP contribution is 2.22. The molecule has 3 N–H and O–H groups in total. The van der Waals surface area contributed by atoms with Crippen molar-refractivity contribution in [1.29, 1.82) is 0 Å². The number of benzene rings is 3. The lowest BCUT2D eigenvalue weighted by Crippen LogP contribution is -2.42. The number of carbonyl (C=O) groups is 4. The van der Waals surface area contributed by atoms with Crippen molar-refractivity contribution in [2.75, 3.05) is 13.7 Å². The van der Waals surface area contributed by atoms with Gasteiger partial charge in [0.25, 0.3) is 5.91 Å². The number of methoxy groups -OCH3 is 1. The summed E-state index contributed by atoms with van der Waals surface area (Å²) >= 11 is 6.04. The zero-order valence-corrected chi connectivity index (χ0v) is 20.6. The summed E-state index contributed by atoms with van der Waals surface area (Å²) in [4.78, 5) is 48.2. The van der Waals surface area contributed by atoms with Crippen LogP contribution in [0.4, 0.5) is 4.79 Å². The summed E-state index contributed by atoms with van der Waals surface area (Å²) in [6.07, 6.45) is -0.651. The molecule has 0 aliphatic heterocycles. The molecule has 0 fully saturated rings. The lowest BCUT2D eigenvalue weighted by molar-refractivity contribution is -0.139. The smallest absolute Gasteiger partial charge is 0.410 e. The molecule has 0 unspecified atom stereocenters. The predicted octanol–water partition coefficient (Wildman–Crippen LogP) is 4.09. The Morgan fingerprint density at radius 1 is 0.892 bits per heavy atom. The van der Waals surface area contributed by atoms with Crippen LogP contribution in [-0.2, 0) is 27.3 Å². The minimum atomic E-state index is -1.16. The van der Waals surface area contributed by atoms with Crippen molar-refractivity contribution >= 4 is 35.5 Å². The largest absolute Gasteiger partial charge is 0.480 e. The van der Waals surface area contributed by atoms with Gasteiger partial charge >= 0.3 is 18.0 Å². The SMILES string of the molecule is COC(=O)N(CC(=O)O)Cc1ccc(-c2ccc(C[C@H](NC(=O)c3ccccc3Cl)C(=O)O)cc2)cc1. The normalized spacial score (nSPS) is 11.3. The highest BCUT2D eigenvalue weighted by Gasteiger charge is 2.22. The van der Waals surface area contributed by atoms with Gasteiger partial charge in [-0.2, -0.15) is 0 Å². The number of carbonyl (C=O) groups excluding carboxylic acids is 2. The van der Waals surface area contributed by atoms with Gasteiger partial charge in [0.05, 0.1) is 17.7 Å². The van der Waals surface area contributed by atoms with Crippen molar-refractivity contribution in [3.63, 3.8) is 0 Å². The van der Waals surface area contributed by atoms with E-state index in [-0.39, 0.29) is 23.6 Å². The van der Waals surface area contributed by atoms with Gasteiger partial charge in [0.2, 0.25) is 0 Å². The Kier molecular flexibility index (Phi) is 9.23. The molecule has 0 radical (unpaired) electrons. The summed E-state index contributed by atoms with van der Waals surface area (Å²) in [6, 6.07) is 19.8. The van der Waals surface area contributed by atoms with Gasteiger partial charge in [0.15, 0.2) is 0 Å². The third-order valence-corrected chi connectivity index (χ3v) is 5.86. The number of carboxylic acid groups (broad SMARTS) is 2. The standard InChI is InChI=1S/C27H25ClN2O7/c1-37-27(36)30(16-24(31)32)15-18-8-12-20(13-9-18)19-10-6-17(7-11-19)14-23(26(34)35)29-25(33)21-4-2-3-5-22(21)28/h2-13,23H,14-16H2,1H3,(H,29,33)(H,31,32)(H,34,35)/t23-/m0/s1. The van der Waals surface area contributed by atoms with Crippen LogP contribution < -0.4 is 5.32 Å². The molecule has 0 saturated carbocycles. The number of ether oxygens (including phenoxy) is 1. The molecule has 37 heavy (non-hydrogen) atoms. The molecule has 0 bridgehead atoms. The number of nitrogens with zero attached hydrogens (tertiary/aromatic N) is 1. The molecule has 0 aliphatic carbocycles. The van der Waals surface area contributed by atoms with Crippen molar-refractivity contribution in [3.05, 3.63) is 94.5 Å². The van der Waals surface area contributed by atoms with Crippen LogP contribution in [0.3, 0.4) is 0 Å². The summed E-state index contributed by atoms with van der Waals surface area (Å²) in [5.41, 5.74) is 3.39. The van der Waals surface area contributed by atoms with Gasteiger partial charge < -0.3 is 20.3 Å². The van der Waals surface area contributed by atoms with Crippen molar-refractivity contribution in [3.8, 4) is 11.1 Å². The van der Waals surface area contributed by atoms with Crippen LogP contribution in [0.2, 0.25) is 5.02 Å². The van der Waals surface area contributed by atoms with Crippen LogP contribution in [0.15, 0.2) is 72.8 Å². The van der Waals surface area contributed by atoms with E-state index in [1.165, 1.54) is 13.2 Å². The van der Waals surface area contributed by atoms with Gasteiger partial charge in [0.1, 0.15) is 12.6 Å². The Labute approximate surface area is 218 Å². The van der Waals surface area contributed by atoms with Crippen LogP contribution in [0.1, 0.15) is 21.5 Å². The number of amides is 2. The van der Waals surface area contributed by atoms with Gasteiger partial charge in [-0.15, -0.1) is 0 Å². The topological polar surface area (TPSA) is 133 Å². The third kappa shape index (κ3) is 7.55. The van der Waals surface area contributed by atoms with E-state index in [9.17, 15) is 24.3 Å². The van der Waals surface area contributed by atoms with E-state index < -0.39 is 36.5 Å². The highest BCUT2D eigenvalue weighted by molar-refractivity contribution is 6.33. The highest BCUT2D eigenvalue weighted by atomic mass is 35.5. The quantitative estimate of drug-likeness (QED) is 0.364. The Bertz CT molecular complexity index is 1280. The number of rotatable bonds is 10. The maximum absolute atomic E-state index is 12.5. The number of hydrogen-bond donors (Lipinski definition) is 3. The fourth-order valence-electron chi connectivity index (χ4n) is 3.65. The molecule has 0 aliphatic rings. The van der Waals surface area contributed by atoms with Gasteiger partial charge in [-0.3, -0.25) is 14.5 Å². The zero-order valence-electron chi connectivity index (χ0n) is 19.9. The summed E-state index contributed by atoms with van der Waals surface area (Å²) in [5.74, 6) is -2.87. The first-order valence-electron chi connectivity index (χ1n) is 11.2. The van der Waals surface area contributed by atoms with Crippen molar-refractivity contribution in [1.82, 2.24) is 10.2 Å². The molecule has 3 aromatic carbocycles. The number of halogens is 1. The molecule has 10 heteroatoms. The van der Waals surface area contributed by atoms with Gasteiger partial charge in [0, 0.05) is 13.0 Å². The summed E-state index contributed by atoms with van der Waals surface area (Å²) < 4.78 is 4.64. The second-order valence-electron chi connectivity index (χ2n) is 8.16. The van der Waals surface area contributed by atoms with E-state index in [4.69, 9.17) is 16.7 Å². The summed E-state index contributed by atoms with van der Waals surface area (Å²) in [7, 11) is 1.19. The number of carboxylic acids is 2. The van der Waals surface area contributed by atoms with Crippen LogP contribution in [-0.4, -0.2) is 58.7 Å². The molecule has 3 aromatic rings. The monoisotopic (exact) mass is 524 g/mol. The van der Waals surface area contributed by atoms with Crippen LogP contribution in [0.25, 0.3) is 11.1 Å². The number of aliphatic carboxylic acids is 2. The van der Waals surface area contributed by atoms with Gasteiger partial charge in [-0.05, 0) is 34.4 Å². The molecule has 0 spiro atoms. The fourth-order valence-corrected chi connectivity index (χ4v) is 3.87. The van der Waals surface area contributed by atoms with Crippen LogP contribution in [0.5, 0.6) is 0 Å². The number of nitrogens with one attached hydrogen (secondary N) is 1. The second-order valence-corrected chi connectivity index (χ2v) is 8.57. The zero-order chi connectivity index (χ0) is 26.9. The van der Waals surface area contributed by atoms with E-state index in [0.29, 0.717) is 0 Å². The van der Waals surface area contributed by atoms with Crippen molar-refractivity contribution in [2.24, 2.45) is 0 Å². The Morgan fingerprint density at radius 2 is 1.46 bits per heavy atom. The first-order chi connectivity index (χ1) is 17.7. The van der Waals surface area contributed by atoms with E-state index in [2.05, 4.69) is 10.1 Å². The Balaban J connectivity index is 1.67. The predicted molar refractivity (Wildman–Crippen MR) is 136 cm³/mol. The molecular formula is C27H25ClN2O7. The first kappa shape index (κ1) is 27.2. The molecule has 0 aromatic heterocycles. The van der Waals surface area contributed by atoms with Gasteiger partial charge in [-0.1, -0.05) is 72.3 Å². The summed E-state index contributed by atoms with van der Waals surface area (Å²) in [5, 5.41) is 21.4. The molecule has 0 heterocycles. The molecule has 1 atom stereocenters. The fraction of sp³-hybridized carbons (Fsp3) is 0.185. The molecule has 9 nitrogen and oxygen atoms in total. The second kappa shape index (κ2) is 12.5. The molecule has 192 valence electrons. The van der Waals surface area contributed by atoms with E-state index in [1.54, 1.807) is 42.5 Å². The summed E-state index contributed by atoms with van der Waals surface area (Å²) in [6.45, 7) is -0.402. The molecule has 2 amide bonds. The van der Waals surface area contributed by atoms with Gasteiger partial charge in [-0.25, -0.2) is 9.59 Å². The minimum Gasteiger partial charge on any atom is -0.480 e. The number of hydrogen-bond acceptors (Lipinski definition) is 5. The van der Waals surface area contributed by atoms with E-state index in [1.807, 2.05) is 24.3 Å². The van der Waals surface area contributed by atoms with E-state index in [0.717, 1.165) is 27.2 Å². The maximum Gasteiger partial charge on any atom is 0.410 e. The average Bonchev–Trinajstić information content (AvgIpc) is 2.88. The lowest BCUT2D eigenvalue weighted by Gasteiger charge is -2.19.